The van der Waals surface area contributed by atoms with Gasteiger partial charge in [-0.15, -0.1) is 11.3 Å². The van der Waals surface area contributed by atoms with Crippen LogP contribution in [0, 0.1) is 18.3 Å². The molecular weight excluding hydrogens is 332 g/mol. The molecule has 128 valence electrons. The molecule has 0 aliphatic carbocycles. The van der Waals surface area contributed by atoms with Crippen molar-refractivity contribution in [1.82, 2.24) is 9.88 Å². The number of hydrogen-bond donors (Lipinski definition) is 1. The highest BCUT2D eigenvalue weighted by Crippen LogP contribution is 2.28. The number of nitrogens with one attached hydrogen (secondary N) is 1. The van der Waals surface area contributed by atoms with Gasteiger partial charge in [0.25, 0.3) is 0 Å². The number of likely N-dealkylation sites (N-methyl/N-ethyl adjacent to an activating group) is 1. The van der Waals surface area contributed by atoms with Crippen LogP contribution in [0.5, 0.6) is 0 Å². The van der Waals surface area contributed by atoms with Gasteiger partial charge in [0, 0.05) is 17.0 Å². The summed E-state index contributed by atoms with van der Waals surface area (Å²) in [6.07, 6.45) is 0. The summed E-state index contributed by atoms with van der Waals surface area (Å²) in [5.74, 6) is 0.873. The summed E-state index contributed by atoms with van der Waals surface area (Å²) in [7, 11) is 4.07. The van der Waals surface area contributed by atoms with Crippen LogP contribution < -0.4 is 5.32 Å². The Labute approximate surface area is 151 Å². The zero-order chi connectivity index (χ0) is 17.8. The van der Waals surface area contributed by atoms with Gasteiger partial charge >= 0.3 is 0 Å². The number of nitrogens with zero attached hydrogens (tertiary/aromatic N) is 3. The van der Waals surface area contributed by atoms with Crippen LogP contribution in [-0.4, -0.2) is 30.5 Å². The molecule has 1 aromatic carbocycles. The molecule has 0 fully saturated rings. The third kappa shape index (κ3) is 3.90. The highest BCUT2D eigenvalue weighted by Gasteiger charge is 2.19. The van der Waals surface area contributed by atoms with Crippen molar-refractivity contribution in [2.45, 2.75) is 13.0 Å². The molecule has 3 aromatic rings. The van der Waals surface area contributed by atoms with Crippen molar-refractivity contribution >= 4 is 17.2 Å². The van der Waals surface area contributed by atoms with Crippen LogP contribution in [0.4, 0.5) is 5.88 Å². The largest absolute Gasteiger partial charge is 0.419 e. The molecule has 0 aliphatic heterocycles. The molecule has 0 saturated heterocycles. The van der Waals surface area contributed by atoms with Gasteiger partial charge < -0.3 is 14.6 Å². The molecule has 0 radical (unpaired) electrons. The van der Waals surface area contributed by atoms with Gasteiger partial charge in [0.2, 0.25) is 17.5 Å². The normalized spacial score (nSPS) is 12.1. The summed E-state index contributed by atoms with van der Waals surface area (Å²) < 4.78 is 5.82. The molecule has 6 heteroatoms. The molecule has 2 heterocycles. The second-order valence-corrected chi connectivity index (χ2v) is 7.03. The SMILES string of the molecule is Cc1ccc(-c2nc(C#N)c(NCC(c3cccs3)N(C)C)o2)cc1. The average Bonchev–Trinajstić information content (AvgIpc) is 3.25. The Bertz CT molecular complexity index is 860. The first-order valence-electron chi connectivity index (χ1n) is 8.00. The maximum atomic E-state index is 9.36. The van der Waals surface area contributed by atoms with Crippen LogP contribution in [0.2, 0.25) is 0 Å². The highest BCUT2D eigenvalue weighted by molar-refractivity contribution is 7.10. The van der Waals surface area contributed by atoms with Crippen molar-refractivity contribution in [2.24, 2.45) is 0 Å². The molecule has 0 saturated carbocycles. The number of oxazole rings is 1. The molecule has 5 nitrogen and oxygen atoms in total. The van der Waals surface area contributed by atoms with Crippen LogP contribution in [0.3, 0.4) is 0 Å². The summed E-state index contributed by atoms with van der Waals surface area (Å²) in [6, 6.07) is 14.3. The van der Waals surface area contributed by atoms with Gasteiger partial charge in [-0.25, -0.2) is 0 Å². The van der Waals surface area contributed by atoms with Gasteiger partial charge in [-0.1, -0.05) is 23.8 Å². The quantitative estimate of drug-likeness (QED) is 0.716. The van der Waals surface area contributed by atoms with Gasteiger partial charge in [-0.05, 0) is 44.6 Å². The highest BCUT2D eigenvalue weighted by atomic mass is 32.1. The zero-order valence-corrected chi connectivity index (χ0v) is 15.3. The van der Waals surface area contributed by atoms with Gasteiger partial charge in [-0.2, -0.15) is 10.2 Å². The summed E-state index contributed by atoms with van der Waals surface area (Å²) in [5, 5.41) is 14.7. The first-order chi connectivity index (χ1) is 12.1. The number of anilines is 1. The van der Waals surface area contributed by atoms with Gasteiger partial charge in [0.1, 0.15) is 6.07 Å². The smallest absolute Gasteiger partial charge is 0.232 e. The lowest BCUT2D eigenvalue weighted by Gasteiger charge is -2.23. The Morgan fingerprint density at radius 3 is 2.64 bits per heavy atom. The van der Waals surface area contributed by atoms with Crippen molar-refractivity contribution in [2.75, 3.05) is 26.0 Å². The molecule has 0 aliphatic rings. The van der Waals surface area contributed by atoms with E-state index in [4.69, 9.17) is 4.42 Å². The molecule has 0 bridgehead atoms. The van der Waals surface area contributed by atoms with Gasteiger partial charge in [0.05, 0.1) is 6.04 Å². The van der Waals surface area contributed by atoms with Gasteiger partial charge in [0.15, 0.2) is 0 Å². The average molecular weight is 352 g/mol. The van der Waals surface area contributed by atoms with E-state index in [0.717, 1.165) is 5.56 Å². The maximum Gasteiger partial charge on any atom is 0.232 e. The molecule has 1 atom stereocenters. The number of aromatic nitrogens is 1. The summed E-state index contributed by atoms with van der Waals surface area (Å²) in [5.41, 5.74) is 2.30. The van der Waals surface area contributed by atoms with E-state index in [0.29, 0.717) is 18.3 Å². The van der Waals surface area contributed by atoms with E-state index in [2.05, 4.69) is 32.7 Å². The van der Waals surface area contributed by atoms with Gasteiger partial charge in [-0.3, -0.25) is 0 Å². The first-order valence-corrected chi connectivity index (χ1v) is 8.88. The maximum absolute atomic E-state index is 9.36. The number of rotatable bonds is 6. The first kappa shape index (κ1) is 17.2. The fraction of sp³-hybridized carbons (Fsp3) is 0.263. The van der Waals surface area contributed by atoms with E-state index in [1.807, 2.05) is 51.4 Å². The van der Waals surface area contributed by atoms with Crippen LogP contribution in [0.15, 0.2) is 46.2 Å². The van der Waals surface area contributed by atoms with Crippen molar-refractivity contribution in [3.63, 3.8) is 0 Å². The van der Waals surface area contributed by atoms with E-state index in [1.54, 1.807) is 11.3 Å². The standard InChI is InChI=1S/C19H20N4OS/c1-13-6-8-14(9-7-13)18-22-15(11-20)19(24-18)21-12-16(23(2)3)17-5-4-10-25-17/h4-10,16,21H,12H2,1-3H3. The minimum Gasteiger partial charge on any atom is -0.419 e. The van der Waals surface area contributed by atoms with Crippen LogP contribution in [-0.2, 0) is 0 Å². The Morgan fingerprint density at radius 1 is 1.28 bits per heavy atom. The van der Waals surface area contributed by atoms with E-state index < -0.39 is 0 Å². The molecule has 1 N–H and O–H groups in total. The minimum atomic E-state index is 0.194. The van der Waals surface area contributed by atoms with E-state index >= 15 is 0 Å². The predicted molar refractivity (Wildman–Crippen MR) is 101 cm³/mol. The lowest BCUT2D eigenvalue weighted by Crippen LogP contribution is -2.26. The lowest BCUT2D eigenvalue weighted by atomic mass is 10.1. The molecule has 1 unspecified atom stereocenters. The van der Waals surface area contributed by atoms with Crippen molar-refractivity contribution in [1.29, 1.82) is 5.26 Å². The predicted octanol–water partition coefficient (Wildman–Crippen LogP) is 4.30. The molecular formula is C19H20N4OS. The lowest BCUT2D eigenvalue weighted by molar-refractivity contribution is 0.315. The Kier molecular flexibility index (Phi) is 5.17. The summed E-state index contributed by atoms with van der Waals surface area (Å²) >= 11 is 1.71. The third-order valence-electron chi connectivity index (χ3n) is 3.98. The van der Waals surface area contributed by atoms with E-state index in [9.17, 15) is 5.26 Å². The minimum absolute atomic E-state index is 0.194. The summed E-state index contributed by atoms with van der Waals surface area (Å²) in [6.45, 7) is 2.66. The topological polar surface area (TPSA) is 65.1 Å². The van der Waals surface area contributed by atoms with Crippen molar-refractivity contribution in [3.8, 4) is 17.5 Å². The zero-order valence-electron chi connectivity index (χ0n) is 14.5. The second-order valence-electron chi connectivity index (χ2n) is 6.05. The van der Waals surface area contributed by atoms with Crippen LogP contribution in [0.25, 0.3) is 11.5 Å². The van der Waals surface area contributed by atoms with E-state index in [1.165, 1.54) is 10.4 Å². The summed E-state index contributed by atoms with van der Waals surface area (Å²) in [4.78, 5) is 7.71. The number of aryl methyl sites for hydroxylation is 1. The number of nitriles is 1. The van der Waals surface area contributed by atoms with Crippen molar-refractivity contribution < 1.29 is 4.42 Å². The van der Waals surface area contributed by atoms with Crippen LogP contribution in [0.1, 0.15) is 22.2 Å². The molecule has 2 aromatic heterocycles. The van der Waals surface area contributed by atoms with Crippen molar-refractivity contribution in [3.05, 3.63) is 57.9 Å². The third-order valence-corrected chi connectivity index (χ3v) is 4.96. The number of benzene rings is 1. The monoisotopic (exact) mass is 352 g/mol. The molecule has 25 heavy (non-hydrogen) atoms. The van der Waals surface area contributed by atoms with E-state index in [-0.39, 0.29) is 11.7 Å². The Morgan fingerprint density at radius 2 is 2.04 bits per heavy atom. The number of hydrogen-bond acceptors (Lipinski definition) is 6. The second kappa shape index (κ2) is 7.51. The number of thiophene rings is 1. The Hall–Kier alpha value is -2.62. The molecule has 3 rings (SSSR count). The fourth-order valence-corrected chi connectivity index (χ4v) is 3.47. The molecule has 0 amide bonds. The molecule has 0 spiro atoms. The van der Waals surface area contributed by atoms with Crippen LogP contribution >= 0.6 is 11.3 Å². The fourth-order valence-electron chi connectivity index (χ4n) is 2.54. The Balaban J connectivity index is 1.80.